The second-order valence-corrected chi connectivity index (χ2v) is 9.74. The molecule has 0 aliphatic heterocycles. The number of hydrogen-bond donors (Lipinski definition) is 0. The highest BCUT2D eigenvalue weighted by atomic mass is 35.5. The standard InChI is InChI=1S/C28H30Cl2F2N2O3/c1-27(21-7-11-23(29)12-8-21,22-9-13-24(30)14-10-22)33(2)17-18-37-25-15-5-20(6-16-25)19-28(31,32)26(35)34(3)36-4/h5-16H,17-19H2,1-4H3. The highest BCUT2D eigenvalue weighted by molar-refractivity contribution is 6.30. The van der Waals surface area contributed by atoms with E-state index >= 15 is 0 Å². The number of benzene rings is 3. The summed E-state index contributed by atoms with van der Waals surface area (Å²) in [7, 11) is 4.31. The summed E-state index contributed by atoms with van der Waals surface area (Å²) >= 11 is 12.2. The molecule has 37 heavy (non-hydrogen) atoms. The van der Waals surface area contributed by atoms with Gasteiger partial charge in [-0.2, -0.15) is 8.78 Å². The molecule has 0 spiro atoms. The number of rotatable bonds is 11. The molecule has 1 amide bonds. The molecule has 0 aliphatic rings. The average Bonchev–Trinajstić information content (AvgIpc) is 2.88. The van der Waals surface area contributed by atoms with E-state index in [-0.39, 0.29) is 0 Å². The fourth-order valence-electron chi connectivity index (χ4n) is 4.03. The van der Waals surface area contributed by atoms with E-state index in [1.54, 1.807) is 12.1 Å². The first-order chi connectivity index (χ1) is 17.5. The molecule has 0 radical (unpaired) electrons. The maximum atomic E-state index is 14.2. The number of alkyl halides is 2. The summed E-state index contributed by atoms with van der Waals surface area (Å²) in [5.41, 5.74) is 1.93. The van der Waals surface area contributed by atoms with Crippen LogP contribution >= 0.6 is 23.2 Å². The molecule has 3 rings (SSSR count). The number of amides is 1. The van der Waals surface area contributed by atoms with Gasteiger partial charge in [0.25, 0.3) is 0 Å². The second kappa shape index (κ2) is 12.2. The van der Waals surface area contributed by atoms with Crippen LogP contribution < -0.4 is 4.74 Å². The van der Waals surface area contributed by atoms with Crippen molar-refractivity contribution in [2.24, 2.45) is 0 Å². The molecule has 0 heterocycles. The van der Waals surface area contributed by atoms with Crippen molar-refractivity contribution in [3.05, 3.63) is 99.5 Å². The molecule has 0 unspecified atom stereocenters. The van der Waals surface area contributed by atoms with Gasteiger partial charge in [-0.05, 0) is 67.1 Å². The van der Waals surface area contributed by atoms with Crippen molar-refractivity contribution < 1.29 is 23.1 Å². The Hall–Kier alpha value is -2.71. The average molecular weight is 551 g/mol. The highest BCUT2D eigenvalue weighted by Crippen LogP contribution is 2.36. The minimum Gasteiger partial charge on any atom is -0.492 e. The van der Waals surface area contributed by atoms with Crippen LogP contribution in [-0.2, 0) is 21.6 Å². The third-order valence-electron chi connectivity index (χ3n) is 6.49. The molecule has 0 fully saturated rings. The van der Waals surface area contributed by atoms with Gasteiger partial charge in [0.1, 0.15) is 12.4 Å². The van der Waals surface area contributed by atoms with Crippen LogP contribution in [0.15, 0.2) is 72.8 Å². The normalized spacial score (nSPS) is 12.0. The first kappa shape index (κ1) is 28.9. The molecule has 0 aromatic heterocycles. The number of hydrogen-bond acceptors (Lipinski definition) is 4. The molecule has 0 bridgehead atoms. The van der Waals surface area contributed by atoms with Gasteiger partial charge in [0, 0.05) is 30.1 Å². The fraction of sp³-hybridized carbons (Fsp3) is 0.321. The summed E-state index contributed by atoms with van der Waals surface area (Å²) in [6.07, 6.45) is -0.733. The van der Waals surface area contributed by atoms with Gasteiger partial charge >= 0.3 is 11.8 Å². The van der Waals surface area contributed by atoms with E-state index in [9.17, 15) is 13.6 Å². The Kier molecular flexibility index (Phi) is 9.53. The Morgan fingerprint density at radius 1 is 0.865 bits per heavy atom. The number of carbonyl (C=O) groups excluding carboxylic acids is 1. The van der Waals surface area contributed by atoms with Crippen molar-refractivity contribution in [3.8, 4) is 5.75 Å². The number of halogens is 4. The zero-order valence-corrected chi connectivity index (χ0v) is 22.7. The van der Waals surface area contributed by atoms with Gasteiger partial charge in [-0.1, -0.05) is 59.6 Å². The van der Waals surface area contributed by atoms with Gasteiger partial charge in [-0.15, -0.1) is 0 Å². The Labute approximate surface area is 226 Å². The van der Waals surface area contributed by atoms with Crippen molar-refractivity contribution in [2.45, 2.75) is 24.8 Å². The summed E-state index contributed by atoms with van der Waals surface area (Å²) in [5.74, 6) is -4.44. The Morgan fingerprint density at radius 2 is 1.35 bits per heavy atom. The van der Waals surface area contributed by atoms with Gasteiger partial charge in [0.2, 0.25) is 0 Å². The Morgan fingerprint density at radius 3 is 1.81 bits per heavy atom. The lowest BCUT2D eigenvalue weighted by Gasteiger charge is -2.40. The SMILES string of the molecule is CON(C)C(=O)C(F)(F)Cc1ccc(OCCN(C)C(C)(c2ccc(Cl)cc2)c2ccc(Cl)cc2)cc1. The molecule has 0 saturated heterocycles. The molecular formula is C28H30Cl2F2N2O3. The highest BCUT2D eigenvalue weighted by Gasteiger charge is 2.41. The van der Waals surface area contributed by atoms with Crippen molar-refractivity contribution in [1.82, 2.24) is 9.96 Å². The van der Waals surface area contributed by atoms with E-state index in [0.29, 0.717) is 39.6 Å². The molecule has 3 aromatic carbocycles. The van der Waals surface area contributed by atoms with Crippen LogP contribution in [0.25, 0.3) is 0 Å². The van der Waals surface area contributed by atoms with Crippen LogP contribution in [0.2, 0.25) is 10.0 Å². The van der Waals surface area contributed by atoms with E-state index in [0.717, 1.165) is 25.3 Å². The molecule has 5 nitrogen and oxygen atoms in total. The van der Waals surface area contributed by atoms with E-state index in [1.165, 1.54) is 12.1 Å². The summed E-state index contributed by atoms with van der Waals surface area (Å²) in [6.45, 7) is 3.05. The zero-order valence-electron chi connectivity index (χ0n) is 21.2. The smallest absolute Gasteiger partial charge is 0.330 e. The van der Waals surface area contributed by atoms with Crippen LogP contribution in [0.5, 0.6) is 5.75 Å². The van der Waals surface area contributed by atoms with Crippen LogP contribution in [-0.4, -0.2) is 56.1 Å². The Bertz CT molecular complexity index is 1130. The van der Waals surface area contributed by atoms with E-state index in [4.69, 9.17) is 27.9 Å². The van der Waals surface area contributed by atoms with Gasteiger partial charge in [0.15, 0.2) is 0 Å². The predicted molar refractivity (Wildman–Crippen MR) is 142 cm³/mol. The lowest BCUT2D eigenvalue weighted by molar-refractivity contribution is -0.194. The fourth-order valence-corrected chi connectivity index (χ4v) is 4.28. The first-order valence-electron chi connectivity index (χ1n) is 11.6. The topological polar surface area (TPSA) is 42.0 Å². The van der Waals surface area contributed by atoms with E-state index in [2.05, 4.69) is 16.7 Å². The maximum Gasteiger partial charge on any atom is 0.330 e. The third-order valence-corrected chi connectivity index (χ3v) is 7.00. The molecule has 0 saturated carbocycles. The van der Waals surface area contributed by atoms with Crippen LogP contribution in [0.3, 0.4) is 0 Å². The number of ether oxygens (including phenoxy) is 1. The van der Waals surface area contributed by atoms with Crippen molar-refractivity contribution in [2.75, 3.05) is 34.4 Å². The van der Waals surface area contributed by atoms with Crippen molar-refractivity contribution in [3.63, 3.8) is 0 Å². The minimum absolute atomic E-state index is 0.311. The summed E-state index contributed by atoms with van der Waals surface area (Å²) in [4.78, 5) is 18.6. The molecule has 0 N–H and O–H groups in total. The van der Waals surface area contributed by atoms with Crippen LogP contribution in [0, 0.1) is 0 Å². The lowest BCUT2D eigenvalue weighted by atomic mass is 9.83. The van der Waals surface area contributed by atoms with Crippen LogP contribution in [0.1, 0.15) is 23.6 Å². The molecule has 3 aromatic rings. The van der Waals surface area contributed by atoms with Gasteiger partial charge in [0.05, 0.1) is 12.6 Å². The minimum atomic E-state index is -3.58. The summed E-state index contributed by atoms with van der Waals surface area (Å²) < 4.78 is 34.4. The lowest BCUT2D eigenvalue weighted by Crippen LogP contribution is -2.44. The number of carbonyl (C=O) groups is 1. The monoisotopic (exact) mass is 550 g/mol. The maximum absolute atomic E-state index is 14.2. The van der Waals surface area contributed by atoms with Gasteiger partial charge in [-0.3, -0.25) is 14.5 Å². The molecule has 9 heteroatoms. The van der Waals surface area contributed by atoms with E-state index in [1.807, 2.05) is 55.6 Å². The summed E-state index contributed by atoms with van der Waals surface area (Å²) in [6, 6.07) is 21.7. The van der Waals surface area contributed by atoms with E-state index < -0.39 is 23.8 Å². The third kappa shape index (κ3) is 6.99. The molecule has 0 aliphatic carbocycles. The predicted octanol–water partition coefficient (Wildman–Crippen LogP) is 6.47. The Balaban J connectivity index is 1.67. The van der Waals surface area contributed by atoms with Crippen molar-refractivity contribution in [1.29, 1.82) is 0 Å². The van der Waals surface area contributed by atoms with Crippen molar-refractivity contribution >= 4 is 29.1 Å². The van der Waals surface area contributed by atoms with Gasteiger partial charge < -0.3 is 4.74 Å². The summed E-state index contributed by atoms with van der Waals surface area (Å²) in [5, 5.41) is 1.84. The molecule has 198 valence electrons. The molecular weight excluding hydrogens is 521 g/mol. The molecule has 0 atom stereocenters. The second-order valence-electron chi connectivity index (χ2n) is 8.87. The quantitative estimate of drug-likeness (QED) is 0.257. The zero-order chi connectivity index (χ0) is 27.2. The number of likely N-dealkylation sites (N-methyl/N-ethyl adjacent to an activating group) is 1. The number of nitrogens with zero attached hydrogens (tertiary/aromatic N) is 2. The first-order valence-corrected chi connectivity index (χ1v) is 12.4. The van der Waals surface area contributed by atoms with Crippen LogP contribution in [0.4, 0.5) is 8.78 Å². The largest absolute Gasteiger partial charge is 0.492 e. The number of hydroxylamine groups is 2. The van der Waals surface area contributed by atoms with Gasteiger partial charge in [-0.25, -0.2) is 5.06 Å².